The molecule has 9 heteroatoms. The molecular formula is C13H19N3O5S. The zero-order valence-corrected chi connectivity index (χ0v) is 12.8. The lowest BCUT2D eigenvalue weighted by Crippen LogP contribution is -2.37. The highest BCUT2D eigenvalue weighted by molar-refractivity contribution is 7.89. The Morgan fingerprint density at radius 2 is 2.05 bits per heavy atom. The van der Waals surface area contributed by atoms with Gasteiger partial charge in [0, 0.05) is 31.0 Å². The highest BCUT2D eigenvalue weighted by Gasteiger charge is 2.36. The van der Waals surface area contributed by atoms with Crippen LogP contribution in [0.25, 0.3) is 0 Å². The molecule has 1 aliphatic rings. The first kappa shape index (κ1) is 16.7. The quantitative estimate of drug-likeness (QED) is 0.508. The van der Waals surface area contributed by atoms with Gasteiger partial charge in [-0.2, -0.15) is 0 Å². The second-order valence-electron chi connectivity index (χ2n) is 5.70. The molecule has 0 aromatic heterocycles. The largest absolute Gasteiger partial charge is 0.396 e. The smallest absolute Gasteiger partial charge is 0.272 e. The van der Waals surface area contributed by atoms with Gasteiger partial charge < -0.3 is 10.4 Å². The van der Waals surface area contributed by atoms with E-state index in [9.17, 15) is 18.5 Å². The van der Waals surface area contributed by atoms with Crippen LogP contribution in [0.2, 0.25) is 0 Å². The molecule has 0 unspecified atom stereocenters. The van der Waals surface area contributed by atoms with Crippen molar-refractivity contribution in [2.45, 2.75) is 30.6 Å². The lowest BCUT2D eigenvalue weighted by atomic mass is 9.67. The van der Waals surface area contributed by atoms with E-state index in [0.717, 1.165) is 25.3 Å². The number of anilines is 1. The lowest BCUT2D eigenvalue weighted by molar-refractivity contribution is -0.385. The first-order chi connectivity index (χ1) is 10.3. The number of sulfonamides is 1. The Kier molecular flexibility index (Phi) is 4.69. The van der Waals surface area contributed by atoms with Crippen LogP contribution in [0, 0.1) is 15.5 Å². The fourth-order valence-corrected chi connectivity index (χ4v) is 3.25. The van der Waals surface area contributed by atoms with E-state index in [1.807, 2.05) is 0 Å². The van der Waals surface area contributed by atoms with Gasteiger partial charge in [0.05, 0.1) is 9.82 Å². The van der Waals surface area contributed by atoms with Crippen molar-refractivity contribution in [1.82, 2.24) is 0 Å². The van der Waals surface area contributed by atoms with Gasteiger partial charge in [-0.1, -0.05) is 6.42 Å². The zero-order valence-electron chi connectivity index (χ0n) is 12.0. The highest BCUT2D eigenvalue weighted by Crippen LogP contribution is 2.43. The van der Waals surface area contributed by atoms with Crippen LogP contribution < -0.4 is 10.5 Å². The molecule has 1 saturated carbocycles. The predicted octanol–water partition coefficient (Wildman–Crippen LogP) is 1.21. The maximum Gasteiger partial charge on any atom is 0.272 e. The first-order valence-corrected chi connectivity index (χ1v) is 8.47. The van der Waals surface area contributed by atoms with Gasteiger partial charge in [-0.25, -0.2) is 13.6 Å². The van der Waals surface area contributed by atoms with Crippen LogP contribution in [0.15, 0.2) is 23.1 Å². The summed E-state index contributed by atoms with van der Waals surface area (Å²) < 4.78 is 22.9. The molecule has 0 heterocycles. The summed E-state index contributed by atoms with van der Waals surface area (Å²) in [4.78, 5) is 9.96. The van der Waals surface area contributed by atoms with Gasteiger partial charge in [0.2, 0.25) is 10.0 Å². The number of benzene rings is 1. The summed E-state index contributed by atoms with van der Waals surface area (Å²) in [6, 6.07) is 3.50. The molecule has 0 radical (unpaired) electrons. The molecule has 4 N–H and O–H groups in total. The Bertz CT molecular complexity index is 670. The van der Waals surface area contributed by atoms with E-state index >= 15 is 0 Å². The summed E-state index contributed by atoms with van der Waals surface area (Å²) in [6.07, 6.45) is 3.67. The van der Waals surface area contributed by atoms with Gasteiger partial charge in [-0.3, -0.25) is 10.1 Å². The molecule has 0 aliphatic heterocycles. The Hall–Kier alpha value is -1.71. The Morgan fingerprint density at radius 1 is 1.36 bits per heavy atom. The van der Waals surface area contributed by atoms with Crippen molar-refractivity contribution in [2.75, 3.05) is 18.5 Å². The van der Waals surface area contributed by atoms with Gasteiger partial charge in [-0.15, -0.1) is 0 Å². The number of rotatable bonds is 7. The third-order valence-corrected chi connectivity index (χ3v) is 5.05. The second-order valence-corrected chi connectivity index (χ2v) is 7.26. The van der Waals surface area contributed by atoms with Gasteiger partial charge >= 0.3 is 0 Å². The average molecular weight is 329 g/mol. The average Bonchev–Trinajstić information content (AvgIpc) is 2.40. The van der Waals surface area contributed by atoms with Gasteiger partial charge in [-0.05, 0) is 30.7 Å². The molecule has 2 rings (SSSR count). The van der Waals surface area contributed by atoms with E-state index in [1.165, 1.54) is 12.1 Å². The van der Waals surface area contributed by atoms with Crippen molar-refractivity contribution >= 4 is 21.4 Å². The molecule has 0 amide bonds. The standard InChI is InChI=1S/C13H19N3O5S/c14-22(20,21)12-7-10(6-11(8-12)16(18)19)15-9-13(4-5-17)2-1-3-13/h6-8,15,17H,1-5,9H2,(H2,14,20,21). The highest BCUT2D eigenvalue weighted by atomic mass is 32.2. The van der Waals surface area contributed by atoms with Crippen LogP contribution in [0.3, 0.4) is 0 Å². The van der Waals surface area contributed by atoms with E-state index < -0.39 is 14.9 Å². The number of hydrogen-bond acceptors (Lipinski definition) is 6. The third-order valence-electron chi connectivity index (χ3n) is 4.15. The van der Waals surface area contributed by atoms with Gasteiger partial charge in [0.25, 0.3) is 5.69 Å². The van der Waals surface area contributed by atoms with Crippen LogP contribution in [0.4, 0.5) is 11.4 Å². The maximum atomic E-state index is 11.4. The normalized spacial score (nSPS) is 16.8. The van der Waals surface area contributed by atoms with E-state index in [1.54, 1.807) is 0 Å². The summed E-state index contributed by atoms with van der Waals surface area (Å²) in [7, 11) is -4.02. The molecule has 1 aromatic carbocycles. The summed E-state index contributed by atoms with van der Waals surface area (Å²) in [6.45, 7) is 0.609. The number of hydrogen-bond donors (Lipinski definition) is 3. The van der Waals surface area contributed by atoms with Crippen molar-refractivity contribution in [1.29, 1.82) is 0 Å². The number of nitro benzene ring substituents is 1. The summed E-state index contributed by atoms with van der Waals surface area (Å²) in [5.41, 5.74) is -0.0255. The molecule has 122 valence electrons. The van der Waals surface area contributed by atoms with Gasteiger partial charge in [0.1, 0.15) is 0 Å². The van der Waals surface area contributed by atoms with Crippen molar-refractivity contribution in [3.63, 3.8) is 0 Å². The Morgan fingerprint density at radius 3 is 2.50 bits per heavy atom. The number of nitrogens with one attached hydrogen (secondary N) is 1. The first-order valence-electron chi connectivity index (χ1n) is 6.93. The molecule has 0 bridgehead atoms. The number of aliphatic hydroxyl groups excluding tert-OH is 1. The van der Waals surface area contributed by atoms with Crippen molar-refractivity contribution in [2.24, 2.45) is 10.6 Å². The topological polar surface area (TPSA) is 136 Å². The minimum absolute atomic E-state index is 0.0267. The molecule has 22 heavy (non-hydrogen) atoms. The number of primary sulfonamides is 1. The van der Waals surface area contributed by atoms with Crippen LogP contribution in [0.1, 0.15) is 25.7 Å². The molecule has 1 fully saturated rings. The van der Waals surface area contributed by atoms with E-state index in [2.05, 4.69) is 5.32 Å². The fourth-order valence-electron chi connectivity index (χ4n) is 2.67. The van der Waals surface area contributed by atoms with Crippen LogP contribution >= 0.6 is 0 Å². The molecule has 0 atom stereocenters. The SMILES string of the molecule is NS(=O)(=O)c1cc(NCC2(CCO)CCC2)cc([N+](=O)[O-])c1. The van der Waals surface area contributed by atoms with Crippen molar-refractivity contribution < 1.29 is 18.4 Å². The Balaban J connectivity index is 2.23. The third kappa shape index (κ3) is 3.73. The van der Waals surface area contributed by atoms with Crippen LogP contribution in [-0.2, 0) is 10.0 Å². The van der Waals surface area contributed by atoms with Crippen LogP contribution in [-0.4, -0.2) is 31.6 Å². The van der Waals surface area contributed by atoms with Crippen molar-refractivity contribution in [3.8, 4) is 0 Å². The minimum atomic E-state index is -4.02. The van der Waals surface area contributed by atoms with E-state index in [0.29, 0.717) is 18.7 Å². The fraction of sp³-hybridized carbons (Fsp3) is 0.538. The van der Waals surface area contributed by atoms with E-state index in [-0.39, 0.29) is 22.6 Å². The second kappa shape index (κ2) is 6.19. The summed E-state index contributed by atoms with van der Waals surface area (Å²) >= 11 is 0. The molecule has 8 nitrogen and oxygen atoms in total. The number of nitrogens with zero attached hydrogens (tertiary/aromatic N) is 1. The number of non-ortho nitro benzene ring substituents is 1. The molecule has 0 spiro atoms. The monoisotopic (exact) mass is 329 g/mol. The minimum Gasteiger partial charge on any atom is -0.396 e. The molecular weight excluding hydrogens is 310 g/mol. The molecule has 1 aromatic rings. The molecule has 0 saturated heterocycles. The number of nitrogens with two attached hydrogens (primary N) is 1. The summed E-state index contributed by atoms with van der Waals surface area (Å²) in [5.74, 6) is 0. The Labute approximate surface area is 128 Å². The lowest BCUT2D eigenvalue weighted by Gasteiger charge is -2.42. The number of nitro groups is 1. The number of aliphatic hydroxyl groups is 1. The van der Waals surface area contributed by atoms with E-state index in [4.69, 9.17) is 10.2 Å². The molecule has 1 aliphatic carbocycles. The van der Waals surface area contributed by atoms with Gasteiger partial charge in [0.15, 0.2) is 0 Å². The summed E-state index contributed by atoms with van der Waals surface area (Å²) in [5, 5.41) is 28.1. The predicted molar refractivity (Wildman–Crippen MR) is 80.9 cm³/mol. The zero-order chi connectivity index (χ0) is 16.4. The van der Waals surface area contributed by atoms with Crippen molar-refractivity contribution in [3.05, 3.63) is 28.3 Å². The van der Waals surface area contributed by atoms with Crippen LogP contribution in [0.5, 0.6) is 0 Å². The maximum absolute atomic E-state index is 11.4.